The molecule has 0 radical (unpaired) electrons. The van der Waals surface area contributed by atoms with Crippen LogP contribution in [0, 0.1) is 10.1 Å². The molecular formula is C16H12N4O4. The van der Waals surface area contributed by atoms with Gasteiger partial charge in [-0.05, 0) is 24.3 Å². The molecule has 1 aromatic heterocycles. The molecule has 0 aliphatic rings. The molecule has 8 nitrogen and oxygen atoms in total. The van der Waals surface area contributed by atoms with Gasteiger partial charge in [-0.1, -0.05) is 12.1 Å². The highest BCUT2D eigenvalue weighted by molar-refractivity contribution is 5.89. The van der Waals surface area contributed by atoms with E-state index in [9.17, 15) is 20.0 Å². The molecule has 1 N–H and O–H groups in total. The number of nitro benzene ring substituents is 1. The first-order valence-corrected chi connectivity index (χ1v) is 6.96. The average molecular weight is 324 g/mol. The van der Waals surface area contributed by atoms with Crippen molar-refractivity contribution in [1.82, 2.24) is 4.57 Å². The molecule has 0 amide bonds. The van der Waals surface area contributed by atoms with Crippen molar-refractivity contribution in [1.29, 1.82) is 0 Å². The summed E-state index contributed by atoms with van der Waals surface area (Å²) >= 11 is 0. The number of aromatic nitrogens is 1. The topological polar surface area (TPSA) is 110 Å². The van der Waals surface area contributed by atoms with Crippen LogP contribution in [0.15, 0.2) is 63.6 Å². The molecule has 0 saturated heterocycles. The summed E-state index contributed by atoms with van der Waals surface area (Å²) in [6.45, 7) is 0. The molecule has 0 spiro atoms. The fourth-order valence-corrected chi connectivity index (χ4v) is 2.30. The molecular weight excluding hydrogens is 312 g/mol. The summed E-state index contributed by atoms with van der Waals surface area (Å²) in [6.07, 6.45) is 0. The second kappa shape index (κ2) is 5.92. The second-order valence-electron chi connectivity index (χ2n) is 5.05. The number of rotatable bonds is 3. The van der Waals surface area contributed by atoms with Gasteiger partial charge in [0.1, 0.15) is 0 Å². The molecule has 2 aromatic carbocycles. The highest BCUT2D eigenvalue weighted by atomic mass is 16.6. The zero-order valence-corrected chi connectivity index (χ0v) is 12.6. The Bertz CT molecular complexity index is 1020. The van der Waals surface area contributed by atoms with E-state index in [4.69, 9.17) is 0 Å². The molecule has 0 saturated carbocycles. The number of hydrogen-bond acceptors (Lipinski definition) is 6. The predicted molar refractivity (Wildman–Crippen MR) is 88.1 cm³/mol. The molecule has 0 unspecified atom stereocenters. The molecule has 0 bridgehead atoms. The maximum Gasteiger partial charge on any atom is 0.282 e. The van der Waals surface area contributed by atoms with E-state index in [1.54, 1.807) is 31.3 Å². The summed E-state index contributed by atoms with van der Waals surface area (Å²) in [5, 5.41) is 29.1. The summed E-state index contributed by atoms with van der Waals surface area (Å²) in [5.74, 6) is -0.251. The Kier molecular flexibility index (Phi) is 3.78. The lowest BCUT2D eigenvalue weighted by Crippen LogP contribution is -2.16. The first-order chi connectivity index (χ1) is 11.5. The minimum absolute atomic E-state index is 0.0709. The Morgan fingerprint density at radius 3 is 2.42 bits per heavy atom. The van der Waals surface area contributed by atoms with E-state index in [1.165, 1.54) is 28.8 Å². The van der Waals surface area contributed by atoms with Gasteiger partial charge in [0.25, 0.3) is 11.2 Å². The van der Waals surface area contributed by atoms with Gasteiger partial charge in [0.2, 0.25) is 0 Å². The standard InChI is InChI=1S/C16H12N4O4/c1-19-13-5-3-2-4-12(13)15(21)14(16(19)22)18-17-10-6-8-11(9-7-10)20(23)24/h2-9,21H,1H3. The van der Waals surface area contributed by atoms with Gasteiger partial charge < -0.3 is 9.67 Å². The Balaban J connectivity index is 2.07. The van der Waals surface area contributed by atoms with E-state index in [1.807, 2.05) is 0 Å². The number of azo groups is 1. The minimum Gasteiger partial charge on any atom is -0.505 e. The summed E-state index contributed by atoms with van der Waals surface area (Å²) in [5.41, 5.74) is 0.161. The van der Waals surface area contributed by atoms with Crippen molar-refractivity contribution < 1.29 is 10.0 Å². The summed E-state index contributed by atoms with van der Waals surface area (Å²) in [6, 6.07) is 12.3. The first kappa shape index (κ1) is 15.3. The summed E-state index contributed by atoms with van der Waals surface area (Å²) in [4.78, 5) is 22.4. The van der Waals surface area contributed by atoms with Crippen LogP contribution in [0.2, 0.25) is 0 Å². The number of fused-ring (bicyclic) bond motifs is 1. The van der Waals surface area contributed by atoms with Crippen LogP contribution < -0.4 is 5.56 Å². The number of non-ortho nitro benzene ring substituents is 1. The number of nitro groups is 1. The van der Waals surface area contributed by atoms with Crippen LogP contribution in [0.5, 0.6) is 5.75 Å². The smallest absolute Gasteiger partial charge is 0.282 e. The van der Waals surface area contributed by atoms with E-state index in [0.29, 0.717) is 16.6 Å². The molecule has 3 aromatic rings. The second-order valence-corrected chi connectivity index (χ2v) is 5.05. The third kappa shape index (κ3) is 2.60. The molecule has 0 aliphatic heterocycles. The maximum absolute atomic E-state index is 12.3. The van der Waals surface area contributed by atoms with Crippen molar-refractivity contribution in [3.8, 4) is 5.75 Å². The van der Waals surface area contributed by atoms with Crippen LogP contribution in [-0.4, -0.2) is 14.6 Å². The van der Waals surface area contributed by atoms with Crippen LogP contribution in [0.4, 0.5) is 17.1 Å². The lowest BCUT2D eigenvalue weighted by atomic mass is 10.2. The van der Waals surface area contributed by atoms with Gasteiger partial charge in [-0.15, -0.1) is 5.11 Å². The Morgan fingerprint density at radius 1 is 1.08 bits per heavy atom. The number of aromatic hydroxyl groups is 1. The van der Waals surface area contributed by atoms with Gasteiger partial charge >= 0.3 is 0 Å². The van der Waals surface area contributed by atoms with E-state index in [2.05, 4.69) is 10.2 Å². The van der Waals surface area contributed by atoms with E-state index in [-0.39, 0.29) is 17.1 Å². The van der Waals surface area contributed by atoms with Crippen LogP contribution >= 0.6 is 0 Å². The molecule has 24 heavy (non-hydrogen) atoms. The lowest BCUT2D eigenvalue weighted by molar-refractivity contribution is -0.384. The first-order valence-electron chi connectivity index (χ1n) is 6.96. The van der Waals surface area contributed by atoms with Gasteiger partial charge in [-0.2, -0.15) is 5.11 Å². The summed E-state index contributed by atoms with van der Waals surface area (Å²) < 4.78 is 1.37. The van der Waals surface area contributed by atoms with Crippen LogP contribution in [0.3, 0.4) is 0 Å². The fourth-order valence-electron chi connectivity index (χ4n) is 2.30. The number of nitrogens with zero attached hydrogens (tertiary/aromatic N) is 4. The van der Waals surface area contributed by atoms with Crippen molar-refractivity contribution >= 4 is 28.0 Å². The maximum atomic E-state index is 12.3. The summed E-state index contributed by atoms with van der Waals surface area (Å²) in [7, 11) is 1.58. The third-order valence-corrected chi connectivity index (χ3v) is 3.58. The zero-order valence-electron chi connectivity index (χ0n) is 12.6. The molecule has 0 aliphatic carbocycles. The molecule has 1 heterocycles. The Hall–Kier alpha value is -3.55. The molecule has 3 rings (SSSR count). The Morgan fingerprint density at radius 2 is 1.75 bits per heavy atom. The number of para-hydroxylation sites is 1. The van der Waals surface area contributed by atoms with Gasteiger partial charge in [-0.3, -0.25) is 14.9 Å². The highest BCUT2D eigenvalue weighted by Crippen LogP contribution is 2.32. The minimum atomic E-state index is -0.522. The number of aryl methyl sites for hydroxylation is 1. The van der Waals surface area contributed by atoms with Crippen molar-refractivity contribution in [3.63, 3.8) is 0 Å². The number of pyridine rings is 1. The highest BCUT2D eigenvalue weighted by Gasteiger charge is 2.14. The third-order valence-electron chi connectivity index (χ3n) is 3.58. The predicted octanol–water partition coefficient (Wildman–Crippen LogP) is 3.57. The average Bonchev–Trinajstić information content (AvgIpc) is 2.60. The van der Waals surface area contributed by atoms with Gasteiger partial charge in [0, 0.05) is 24.6 Å². The quantitative estimate of drug-likeness (QED) is 0.451. The van der Waals surface area contributed by atoms with Crippen LogP contribution in [-0.2, 0) is 7.05 Å². The molecule has 0 atom stereocenters. The molecule has 8 heteroatoms. The largest absolute Gasteiger partial charge is 0.505 e. The van der Waals surface area contributed by atoms with Gasteiger partial charge in [-0.25, -0.2) is 0 Å². The van der Waals surface area contributed by atoms with E-state index >= 15 is 0 Å². The van der Waals surface area contributed by atoms with Crippen LogP contribution in [0.1, 0.15) is 0 Å². The zero-order chi connectivity index (χ0) is 17.3. The normalized spacial score (nSPS) is 11.2. The van der Waals surface area contributed by atoms with Crippen molar-refractivity contribution in [2.75, 3.05) is 0 Å². The van der Waals surface area contributed by atoms with E-state index in [0.717, 1.165) is 0 Å². The van der Waals surface area contributed by atoms with Crippen molar-refractivity contribution in [3.05, 3.63) is 69.0 Å². The van der Waals surface area contributed by atoms with Gasteiger partial charge in [0.15, 0.2) is 11.4 Å². The SMILES string of the molecule is Cn1c(=O)c(N=Nc2ccc([N+](=O)[O-])cc2)c(O)c2ccccc21. The monoisotopic (exact) mass is 324 g/mol. The van der Waals surface area contributed by atoms with Gasteiger partial charge in [0.05, 0.1) is 16.1 Å². The lowest BCUT2D eigenvalue weighted by Gasteiger charge is -2.08. The Labute approximate surface area is 135 Å². The van der Waals surface area contributed by atoms with E-state index < -0.39 is 10.5 Å². The molecule has 120 valence electrons. The molecule has 0 fully saturated rings. The van der Waals surface area contributed by atoms with Crippen molar-refractivity contribution in [2.24, 2.45) is 17.3 Å². The van der Waals surface area contributed by atoms with Crippen molar-refractivity contribution in [2.45, 2.75) is 0 Å². The number of benzene rings is 2. The number of hydrogen-bond donors (Lipinski definition) is 1. The van der Waals surface area contributed by atoms with Crippen LogP contribution in [0.25, 0.3) is 10.9 Å². The fraction of sp³-hybridized carbons (Fsp3) is 0.0625.